The minimum Gasteiger partial charge on any atom is -0.310 e. The summed E-state index contributed by atoms with van der Waals surface area (Å²) in [4.78, 5) is 1.52. The van der Waals surface area contributed by atoms with Crippen LogP contribution in [0.4, 0.5) is 0 Å². The second-order valence-electron chi connectivity index (χ2n) is 6.38. The molecule has 0 spiro atoms. The maximum absolute atomic E-state index is 12.8. The van der Waals surface area contributed by atoms with Gasteiger partial charge in [0.15, 0.2) is 0 Å². The lowest BCUT2D eigenvalue weighted by Crippen LogP contribution is -2.43. The highest BCUT2D eigenvalue weighted by molar-refractivity contribution is 7.89. The molecule has 2 rings (SSSR count). The fourth-order valence-electron chi connectivity index (χ4n) is 2.77. The standard InChI is InChI=1S/C15H26N2O2S2/c1-11(2)16-9-14-8-15(10-20-14)21(18,19)17-6-5-12(3)7-13(17)4/h8,10-13,16H,5-7,9H2,1-4H3. The number of piperidine rings is 1. The highest BCUT2D eigenvalue weighted by Gasteiger charge is 2.33. The van der Waals surface area contributed by atoms with Crippen molar-refractivity contribution in [2.75, 3.05) is 6.54 Å². The maximum atomic E-state index is 12.8. The van der Waals surface area contributed by atoms with Gasteiger partial charge in [-0.25, -0.2) is 8.42 Å². The quantitative estimate of drug-likeness (QED) is 0.903. The Balaban J connectivity index is 2.12. The predicted molar refractivity (Wildman–Crippen MR) is 88.0 cm³/mol. The topological polar surface area (TPSA) is 49.4 Å². The Labute approximate surface area is 132 Å². The highest BCUT2D eigenvalue weighted by atomic mass is 32.2. The van der Waals surface area contributed by atoms with Crippen molar-refractivity contribution in [3.8, 4) is 0 Å². The smallest absolute Gasteiger partial charge is 0.244 e. The van der Waals surface area contributed by atoms with E-state index >= 15 is 0 Å². The van der Waals surface area contributed by atoms with Gasteiger partial charge < -0.3 is 5.32 Å². The summed E-state index contributed by atoms with van der Waals surface area (Å²) in [5, 5.41) is 5.10. The number of thiophene rings is 1. The van der Waals surface area contributed by atoms with Crippen molar-refractivity contribution in [1.29, 1.82) is 0 Å². The lowest BCUT2D eigenvalue weighted by molar-refractivity contribution is 0.220. The highest BCUT2D eigenvalue weighted by Crippen LogP contribution is 2.30. The molecular formula is C15H26N2O2S2. The number of hydrogen-bond acceptors (Lipinski definition) is 4. The van der Waals surface area contributed by atoms with Crippen LogP contribution in [-0.2, 0) is 16.6 Å². The van der Waals surface area contributed by atoms with E-state index in [9.17, 15) is 8.42 Å². The monoisotopic (exact) mass is 330 g/mol. The van der Waals surface area contributed by atoms with Crippen molar-refractivity contribution in [2.24, 2.45) is 5.92 Å². The van der Waals surface area contributed by atoms with E-state index in [0.29, 0.717) is 23.4 Å². The van der Waals surface area contributed by atoms with Crippen LogP contribution in [0, 0.1) is 5.92 Å². The van der Waals surface area contributed by atoms with Crippen molar-refractivity contribution in [3.05, 3.63) is 16.3 Å². The second-order valence-corrected chi connectivity index (χ2v) is 9.26. The molecule has 2 heterocycles. The number of nitrogens with one attached hydrogen (secondary N) is 1. The van der Waals surface area contributed by atoms with Gasteiger partial charge in [-0.05, 0) is 31.7 Å². The lowest BCUT2D eigenvalue weighted by Gasteiger charge is -2.35. The molecule has 1 aromatic heterocycles. The normalized spacial score (nSPS) is 24.6. The first-order chi connectivity index (χ1) is 9.80. The van der Waals surface area contributed by atoms with Gasteiger partial charge >= 0.3 is 0 Å². The molecule has 2 unspecified atom stereocenters. The lowest BCUT2D eigenvalue weighted by atomic mass is 9.95. The summed E-state index contributed by atoms with van der Waals surface area (Å²) in [6, 6.07) is 2.31. The molecule has 1 aromatic rings. The molecule has 6 heteroatoms. The molecule has 1 aliphatic heterocycles. The van der Waals surface area contributed by atoms with Gasteiger partial charge in [-0.3, -0.25) is 0 Å². The Hall–Kier alpha value is -0.430. The van der Waals surface area contributed by atoms with Crippen LogP contribution in [0.1, 0.15) is 45.4 Å². The first-order valence-electron chi connectivity index (χ1n) is 7.63. The molecule has 1 N–H and O–H groups in total. The van der Waals surface area contributed by atoms with Crippen LogP contribution in [-0.4, -0.2) is 31.4 Å². The summed E-state index contributed by atoms with van der Waals surface area (Å²) in [6.45, 7) is 9.75. The van der Waals surface area contributed by atoms with E-state index in [1.54, 1.807) is 9.69 Å². The van der Waals surface area contributed by atoms with E-state index in [4.69, 9.17) is 0 Å². The first kappa shape index (κ1) is 16.9. The molecule has 0 aromatic carbocycles. The van der Waals surface area contributed by atoms with Crippen LogP contribution in [0.3, 0.4) is 0 Å². The Morgan fingerprint density at radius 1 is 1.43 bits per heavy atom. The molecule has 1 fully saturated rings. The third-order valence-electron chi connectivity index (χ3n) is 4.00. The van der Waals surface area contributed by atoms with Gasteiger partial charge in [0.05, 0.1) is 4.90 Å². The molecule has 4 nitrogen and oxygen atoms in total. The fraction of sp³-hybridized carbons (Fsp3) is 0.733. The largest absolute Gasteiger partial charge is 0.310 e. The molecule has 1 saturated heterocycles. The molecule has 120 valence electrons. The summed E-state index contributed by atoms with van der Waals surface area (Å²) in [7, 11) is -3.34. The molecule has 2 atom stereocenters. The molecule has 21 heavy (non-hydrogen) atoms. The van der Waals surface area contributed by atoms with Crippen LogP contribution in [0.25, 0.3) is 0 Å². The average Bonchev–Trinajstić information content (AvgIpc) is 2.85. The Morgan fingerprint density at radius 3 is 2.76 bits per heavy atom. The van der Waals surface area contributed by atoms with Gasteiger partial charge in [-0.15, -0.1) is 11.3 Å². The van der Waals surface area contributed by atoms with E-state index in [1.807, 2.05) is 13.0 Å². The molecule has 0 bridgehead atoms. The van der Waals surface area contributed by atoms with Gasteiger partial charge in [0.25, 0.3) is 0 Å². The Bertz CT molecular complexity index is 566. The zero-order valence-electron chi connectivity index (χ0n) is 13.3. The van der Waals surface area contributed by atoms with Gasteiger partial charge in [0.2, 0.25) is 10.0 Å². The molecule has 0 amide bonds. The second kappa shape index (κ2) is 6.77. The van der Waals surface area contributed by atoms with Crippen molar-refractivity contribution < 1.29 is 8.42 Å². The molecule has 0 aliphatic carbocycles. The summed E-state index contributed by atoms with van der Waals surface area (Å²) < 4.78 is 27.2. The van der Waals surface area contributed by atoms with Gasteiger partial charge in [0.1, 0.15) is 0 Å². The fourth-order valence-corrected chi connectivity index (χ4v) is 5.64. The van der Waals surface area contributed by atoms with E-state index in [-0.39, 0.29) is 6.04 Å². The van der Waals surface area contributed by atoms with Crippen LogP contribution in [0.5, 0.6) is 0 Å². The van der Waals surface area contributed by atoms with E-state index in [2.05, 4.69) is 26.1 Å². The minimum absolute atomic E-state index is 0.0934. The number of rotatable bonds is 5. The van der Waals surface area contributed by atoms with Gasteiger partial charge in [0, 0.05) is 35.4 Å². The van der Waals surface area contributed by atoms with Crippen LogP contribution in [0.15, 0.2) is 16.3 Å². The number of sulfonamides is 1. The van der Waals surface area contributed by atoms with E-state index in [0.717, 1.165) is 24.3 Å². The van der Waals surface area contributed by atoms with E-state index in [1.165, 1.54) is 11.3 Å². The summed E-state index contributed by atoms with van der Waals surface area (Å²) in [5.41, 5.74) is 0. The Kier molecular flexibility index (Phi) is 5.46. The van der Waals surface area contributed by atoms with Crippen molar-refractivity contribution in [1.82, 2.24) is 9.62 Å². The SMILES string of the molecule is CC1CCN(S(=O)(=O)c2csc(CNC(C)C)c2)C(C)C1. The average molecular weight is 331 g/mol. The van der Waals surface area contributed by atoms with Crippen molar-refractivity contribution in [3.63, 3.8) is 0 Å². The first-order valence-corrected chi connectivity index (χ1v) is 9.95. The zero-order valence-corrected chi connectivity index (χ0v) is 14.9. The summed E-state index contributed by atoms with van der Waals surface area (Å²) >= 11 is 1.52. The van der Waals surface area contributed by atoms with Gasteiger partial charge in [-0.2, -0.15) is 4.31 Å². The van der Waals surface area contributed by atoms with Crippen molar-refractivity contribution in [2.45, 2.75) is 64.1 Å². The molecular weight excluding hydrogens is 304 g/mol. The third-order valence-corrected chi connectivity index (χ3v) is 7.08. The summed E-state index contributed by atoms with van der Waals surface area (Å²) in [6.07, 6.45) is 1.90. The summed E-state index contributed by atoms with van der Waals surface area (Å²) in [5.74, 6) is 0.611. The van der Waals surface area contributed by atoms with Crippen molar-refractivity contribution >= 4 is 21.4 Å². The molecule has 1 aliphatic rings. The molecule has 0 radical (unpaired) electrons. The van der Waals surface area contributed by atoms with E-state index < -0.39 is 10.0 Å². The third kappa shape index (κ3) is 4.06. The Morgan fingerprint density at radius 2 is 2.14 bits per heavy atom. The minimum atomic E-state index is -3.34. The van der Waals surface area contributed by atoms with Crippen LogP contribution < -0.4 is 5.32 Å². The van der Waals surface area contributed by atoms with Crippen LogP contribution in [0.2, 0.25) is 0 Å². The number of nitrogens with zero attached hydrogens (tertiary/aromatic N) is 1. The van der Waals surface area contributed by atoms with Gasteiger partial charge in [-0.1, -0.05) is 20.8 Å². The maximum Gasteiger partial charge on any atom is 0.244 e. The number of hydrogen-bond donors (Lipinski definition) is 1. The van der Waals surface area contributed by atoms with Crippen LogP contribution >= 0.6 is 11.3 Å². The zero-order chi connectivity index (χ0) is 15.6. The molecule has 0 saturated carbocycles. The predicted octanol–water partition coefficient (Wildman–Crippen LogP) is 3.06.